The van der Waals surface area contributed by atoms with Crippen molar-refractivity contribution in [1.82, 2.24) is 0 Å². The lowest BCUT2D eigenvalue weighted by Crippen LogP contribution is -2.17. The fourth-order valence-corrected chi connectivity index (χ4v) is 11.5. The first-order valence-corrected chi connectivity index (χ1v) is 23.9. The van der Waals surface area contributed by atoms with Crippen LogP contribution >= 0.6 is 0 Å². The molecule has 0 bridgehead atoms. The van der Waals surface area contributed by atoms with E-state index >= 15 is 0 Å². The summed E-state index contributed by atoms with van der Waals surface area (Å²) in [4.78, 5) is 2.45. The van der Waals surface area contributed by atoms with Gasteiger partial charge in [0.05, 0.1) is 5.69 Å². The van der Waals surface area contributed by atoms with Gasteiger partial charge in [0.15, 0.2) is 0 Å². The first-order chi connectivity index (χ1) is 32.7. The minimum atomic E-state index is -0.0523. The fraction of sp³-hybridized carbons (Fsp3) is 0.121. The van der Waals surface area contributed by atoms with Gasteiger partial charge in [0.1, 0.15) is 0 Å². The summed E-state index contributed by atoms with van der Waals surface area (Å²) >= 11 is 0. The largest absolute Gasteiger partial charge is 0.310 e. The van der Waals surface area contributed by atoms with Crippen LogP contribution in [0, 0.1) is 0 Å². The lowest BCUT2D eigenvalue weighted by Gasteiger charge is -2.29. The summed E-state index contributed by atoms with van der Waals surface area (Å²) in [5, 5.41) is 0. The first-order valence-electron chi connectivity index (χ1n) is 23.9. The number of fused-ring (bicyclic) bond motifs is 5. The van der Waals surface area contributed by atoms with Gasteiger partial charge in [-0.25, -0.2) is 0 Å². The third-order valence-electron chi connectivity index (χ3n) is 15.0. The van der Waals surface area contributed by atoms with E-state index in [-0.39, 0.29) is 10.8 Å². The van der Waals surface area contributed by atoms with Crippen molar-refractivity contribution in [2.45, 2.75) is 51.4 Å². The molecule has 67 heavy (non-hydrogen) atoms. The van der Waals surface area contributed by atoms with Gasteiger partial charge < -0.3 is 4.90 Å². The molecule has 0 atom stereocenters. The van der Waals surface area contributed by atoms with Gasteiger partial charge in [0.25, 0.3) is 0 Å². The number of hydrogen-bond acceptors (Lipinski definition) is 1. The molecule has 0 fully saturated rings. The summed E-state index contributed by atoms with van der Waals surface area (Å²) in [6, 6.07) is 81.0. The summed E-state index contributed by atoms with van der Waals surface area (Å²) in [7, 11) is 0. The molecule has 0 amide bonds. The molecule has 0 aliphatic heterocycles. The zero-order valence-electron chi connectivity index (χ0n) is 38.7. The highest BCUT2D eigenvalue weighted by atomic mass is 15.1. The highest BCUT2D eigenvalue weighted by Crippen LogP contribution is 2.53. The Morgan fingerprint density at radius 2 is 0.806 bits per heavy atom. The highest BCUT2D eigenvalue weighted by molar-refractivity contribution is 5.92. The maximum absolute atomic E-state index is 2.50. The van der Waals surface area contributed by atoms with E-state index in [1.54, 1.807) is 0 Å². The maximum Gasteiger partial charge on any atom is 0.0540 e. The molecule has 0 radical (unpaired) electrons. The van der Waals surface area contributed by atoms with Crippen LogP contribution in [-0.4, -0.2) is 0 Å². The van der Waals surface area contributed by atoms with E-state index in [4.69, 9.17) is 0 Å². The Hall–Kier alpha value is -7.74. The number of para-hydroxylation sites is 1. The first kappa shape index (κ1) is 40.7. The van der Waals surface area contributed by atoms with E-state index in [1.165, 1.54) is 100 Å². The predicted octanol–water partition coefficient (Wildman–Crippen LogP) is 18.1. The summed E-state index contributed by atoms with van der Waals surface area (Å²) in [5.41, 5.74) is 27.0. The Morgan fingerprint density at radius 1 is 0.328 bits per heavy atom. The summed E-state index contributed by atoms with van der Waals surface area (Å²) in [6.45, 7) is 9.49. The summed E-state index contributed by atoms with van der Waals surface area (Å²) in [6.07, 6.45) is 4.61. The zero-order chi connectivity index (χ0) is 45.3. The third-order valence-corrected chi connectivity index (χ3v) is 15.0. The van der Waals surface area contributed by atoms with Gasteiger partial charge in [0.2, 0.25) is 0 Å². The molecule has 12 rings (SSSR count). The predicted molar refractivity (Wildman–Crippen MR) is 284 cm³/mol. The average Bonchev–Trinajstić information content (AvgIpc) is 3.76. The van der Waals surface area contributed by atoms with Crippen LogP contribution in [0.4, 0.5) is 17.1 Å². The van der Waals surface area contributed by atoms with Gasteiger partial charge in [-0.05, 0) is 156 Å². The van der Waals surface area contributed by atoms with E-state index in [2.05, 4.69) is 257 Å². The van der Waals surface area contributed by atoms with Crippen molar-refractivity contribution in [2.24, 2.45) is 0 Å². The van der Waals surface area contributed by atoms with Gasteiger partial charge in [0, 0.05) is 27.8 Å². The molecule has 3 aliphatic rings. The van der Waals surface area contributed by atoms with Crippen molar-refractivity contribution in [3.05, 3.63) is 258 Å². The van der Waals surface area contributed by atoms with Crippen molar-refractivity contribution < 1.29 is 0 Å². The number of anilines is 3. The van der Waals surface area contributed by atoms with Crippen LogP contribution in [-0.2, 0) is 10.8 Å². The van der Waals surface area contributed by atoms with Crippen molar-refractivity contribution in [3.8, 4) is 55.6 Å². The summed E-state index contributed by atoms with van der Waals surface area (Å²) < 4.78 is 0. The fourth-order valence-electron chi connectivity index (χ4n) is 11.5. The van der Waals surface area contributed by atoms with Gasteiger partial charge in [-0.15, -0.1) is 0 Å². The Kier molecular flexibility index (Phi) is 9.73. The Balaban J connectivity index is 0.927. The summed E-state index contributed by atoms with van der Waals surface area (Å²) in [5.74, 6) is 0. The Bertz CT molecular complexity index is 3470. The minimum Gasteiger partial charge on any atom is -0.310 e. The normalized spacial score (nSPS) is 15.0. The Morgan fingerprint density at radius 3 is 1.48 bits per heavy atom. The van der Waals surface area contributed by atoms with Crippen molar-refractivity contribution in [1.29, 1.82) is 0 Å². The van der Waals surface area contributed by atoms with Crippen LogP contribution in [0.2, 0.25) is 0 Å². The molecule has 0 unspecified atom stereocenters. The molecule has 0 heterocycles. The van der Waals surface area contributed by atoms with Gasteiger partial charge in [-0.1, -0.05) is 204 Å². The molecule has 322 valence electrons. The van der Waals surface area contributed by atoms with E-state index in [0.717, 1.165) is 29.9 Å². The minimum absolute atomic E-state index is 0.00367. The molecule has 1 nitrogen and oxygen atoms in total. The van der Waals surface area contributed by atoms with Gasteiger partial charge >= 0.3 is 0 Å². The van der Waals surface area contributed by atoms with Crippen LogP contribution in [0.3, 0.4) is 0 Å². The van der Waals surface area contributed by atoms with Crippen LogP contribution in [0.1, 0.15) is 68.4 Å². The monoisotopic (exact) mass is 859 g/mol. The van der Waals surface area contributed by atoms with E-state index in [0.29, 0.717) is 0 Å². The molecular weight excluding hydrogens is 807 g/mol. The molecule has 0 aromatic heterocycles. The molecule has 0 saturated carbocycles. The smallest absolute Gasteiger partial charge is 0.0540 e. The number of hydrogen-bond donors (Lipinski definition) is 0. The number of rotatable bonds is 8. The van der Waals surface area contributed by atoms with Crippen LogP contribution < -0.4 is 4.90 Å². The molecular formula is C66H53N. The van der Waals surface area contributed by atoms with Crippen LogP contribution in [0.15, 0.2) is 230 Å². The van der Waals surface area contributed by atoms with Crippen molar-refractivity contribution >= 4 is 28.2 Å². The van der Waals surface area contributed by atoms with E-state index in [1.807, 2.05) is 0 Å². The lowest BCUT2D eigenvalue weighted by molar-refractivity contribution is 0.652. The molecule has 9 aromatic rings. The maximum atomic E-state index is 2.50. The average molecular weight is 860 g/mol. The quantitative estimate of drug-likeness (QED) is 0.147. The standard InChI is InChI=1S/C66H53N/c1-65(2)60-31-11-8-29-56(60)58-36-34-51(42-62(58)65)47-22-14-20-45(38-47)49-24-16-26-53(40-49)67(64-33-13-10-28-55(64)44-18-6-5-7-19-44)54-27-17-25-50(41-54)46-21-15-23-48(39-46)52-35-37-59-57-30-9-12-32-61(57)66(3,4)63(59)43-52/h5-34,36,38-43H,35,37H2,1-4H3. The molecule has 1 heteroatoms. The number of benzene rings is 9. The topological polar surface area (TPSA) is 3.24 Å². The van der Waals surface area contributed by atoms with Crippen molar-refractivity contribution in [2.75, 3.05) is 4.90 Å². The number of nitrogens with zero attached hydrogens (tertiary/aromatic N) is 1. The second kappa shape index (κ2) is 16.0. The highest BCUT2D eigenvalue weighted by Gasteiger charge is 2.38. The second-order valence-corrected chi connectivity index (χ2v) is 19.6. The van der Waals surface area contributed by atoms with Gasteiger partial charge in [-0.2, -0.15) is 0 Å². The van der Waals surface area contributed by atoms with Crippen LogP contribution in [0.25, 0.3) is 66.8 Å². The Labute approximate surface area is 396 Å². The second-order valence-electron chi connectivity index (χ2n) is 19.6. The van der Waals surface area contributed by atoms with E-state index < -0.39 is 0 Å². The molecule has 0 spiro atoms. The van der Waals surface area contributed by atoms with Crippen LogP contribution in [0.5, 0.6) is 0 Å². The molecule has 0 saturated heterocycles. The third kappa shape index (κ3) is 6.92. The number of allylic oxidation sites excluding steroid dienone is 4. The zero-order valence-corrected chi connectivity index (χ0v) is 38.7. The van der Waals surface area contributed by atoms with E-state index in [9.17, 15) is 0 Å². The molecule has 0 N–H and O–H groups in total. The van der Waals surface area contributed by atoms with Gasteiger partial charge in [-0.3, -0.25) is 0 Å². The molecule has 3 aliphatic carbocycles. The SMILES string of the molecule is CC1(C)C2=C(CCC(c3cccc(-c4cccc(N(c5cccc(-c6cccc(-c7ccc8c(c7)C(C)(C)c7ccccc7-8)c6)c5)c5ccccc5-c5ccccc5)c4)c3)=C2)c2ccccc21. The molecule has 9 aromatic carbocycles. The lowest BCUT2D eigenvalue weighted by atomic mass is 9.78. The van der Waals surface area contributed by atoms with Crippen molar-refractivity contribution in [3.63, 3.8) is 0 Å².